The summed E-state index contributed by atoms with van der Waals surface area (Å²) in [6.07, 6.45) is 0. The molecule has 3 N–H and O–H groups in total. The van der Waals surface area contributed by atoms with Gasteiger partial charge in [-0.2, -0.15) is 0 Å². The maximum Gasteiger partial charge on any atom is 0.273 e. The number of rotatable bonds is 4. The van der Waals surface area contributed by atoms with Gasteiger partial charge in [0.25, 0.3) is 17.7 Å². The predicted octanol–water partition coefficient (Wildman–Crippen LogP) is 2.95. The van der Waals surface area contributed by atoms with Crippen molar-refractivity contribution >= 4 is 29.3 Å². The van der Waals surface area contributed by atoms with Crippen LogP contribution in [0.25, 0.3) is 0 Å². The SMILES string of the molecule is COc1cc(Cl)ccc1C(=O)NNC(=O)c1ccc(C(=O)NC(C)(C)C)cc1. The quantitative estimate of drug-likeness (QED) is 0.684. The molecule has 148 valence electrons. The third-order valence-electron chi connectivity index (χ3n) is 3.60. The van der Waals surface area contributed by atoms with Crippen LogP contribution in [-0.4, -0.2) is 30.4 Å². The first-order valence-corrected chi connectivity index (χ1v) is 8.85. The van der Waals surface area contributed by atoms with Crippen LogP contribution in [0.3, 0.4) is 0 Å². The van der Waals surface area contributed by atoms with Gasteiger partial charge in [0, 0.05) is 21.7 Å². The van der Waals surface area contributed by atoms with E-state index in [1.165, 1.54) is 31.4 Å². The fourth-order valence-corrected chi connectivity index (χ4v) is 2.45. The molecule has 0 bridgehead atoms. The number of nitrogens with one attached hydrogen (secondary N) is 3. The molecule has 0 aromatic heterocycles. The minimum absolute atomic E-state index is 0.224. The maximum atomic E-state index is 12.2. The Morgan fingerprint density at radius 1 is 0.857 bits per heavy atom. The number of benzene rings is 2. The number of halogens is 1. The molecule has 0 aliphatic carbocycles. The number of methoxy groups -OCH3 is 1. The van der Waals surface area contributed by atoms with Gasteiger partial charge in [0.1, 0.15) is 5.75 Å². The zero-order valence-corrected chi connectivity index (χ0v) is 16.8. The molecule has 0 aliphatic heterocycles. The Morgan fingerprint density at radius 3 is 1.93 bits per heavy atom. The largest absolute Gasteiger partial charge is 0.496 e. The van der Waals surface area contributed by atoms with Gasteiger partial charge in [0.05, 0.1) is 12.7 Å². The molecule has 28 heavy (non-hydrogen) atoms. The molecule has 0 aliphatic rings. The first-order valence-electron chi connectivity index (χ1n) is 8.47. The average Bonchev–Trinajstić information content (AvgIpc) is 2.64. The molecular formula is C20H22ClN3O4. The lowest BCUT2D eigenvalue weighted by Crippen LogP contribution is -2.42. The minimum Gasteiger partial charge on any atom is -0.496 e. The van der Waals surface area contributed by atoms with Crippen molar-refractivity contribution in [1.29, 1.82) is 0 Å². The Labute approximate surface area is 168 Å². The Kier molecular flexibility index (Phi) is 6.64. The van der Waals surface area contributed by atoms with E-state index in [0.717, 1.165) is 0 Å². The summed E-state index contributed by atoms with van der Waals surface area (Å²) in [5.74, 6) is -1.02. The number of carbonyl (C=O) groups is 3. The summed E-state index contributed by atoms with van der Waals surface area (Å²) < 4.78 is 5.11. The molecule has 0 saturated carbocycles. The van der Waals surface area contributed by atoms with Crippen molar-refractivity contribution in [2.45, 2.75) is 26.3 Å². The van der Waals surface area contributed by atoms with E-state index >= 15 is 0 Å². The summed E-state index contributed by atoms with van der Waals surface area (Å²) in [7, 11) is 1.42. The molecule has 3 amide bonds. The molecule has 2 aromatic carbocycles. The second-order valence-electron chi connectivity index (χ2n) is 7.03. The second-order valence-corrected chi connectivity index (χ2v) is 7.47. The van der Waals surface area contributed by atoms with E-state index in [9.17, 15) is 14.4 Å². The monoisotopic (exact) mass is 403 g/mol. The van der Waals surface area contributed by atoms with Gasteiger partial charge in [-0.05, 0) is 63.2 Å². The van der Waals surface area contributed by atoms with Crippen molar-refractivity contribution < 1.29 is 19.1 Å². The molecule has 0 atom stereocenters. The van der Waals surface area contributed by atoms with Crippen LogP contribution in [0.1, 0.15) is 51.8 Å². The molecule has 8 heteroatoms. The van der Waals surface area contributed by atoms with E-state index in [4.69, 9.17) is 16.3 Å². The number of hydrazine groups is 1. The van der Waals surface area contributed by atoms with Crippen molar-refractivity contribution in [3.8, 4) is 5.75 Å². The van der Waals surface area contributed by atoms with E-state index in [-0.39, 0.29) is 28.3 Å². The number of carbonyl (C=O) groups excluding carboxylic acids is 3. The predicted molar refractivity (Wildman–Crippen MR) is 107 cm³/mol. The highest BCUT2D eigenvalue weighted by atomic mass is 35.5. The van der Waals surface area contributed by atoms with Gasteiger partial charge < -0.3 is 10.1 Å². The first-order chi connectivity index (χ1) is 13.1. The van der Waals surface area contributed by atoms with Gasteiger partial charge in [0.15, 0.2) is 0 Å². The van der Waals surface area contributed by atoms with E-state index in [1.54, 1.807) is 18.2 Å². The van der Waals surface area contributed by atoms with Crippen LogP contribution in [0, 0.1) is 0 Å². The zero-order chi connectivity index (χ0) is 20.9. The van der Waals surface area contributed by atoms with E-state index < -0.39 is 11.8 Å². The highest BCUT2D eigenvalue weighted by molar-refractivity contribution is 6.30. The summed E-state index contributed by atoms with van der Waals surface area (Å²) in [6, 6.07) is 10.6. The van der Waals surface area contributed by atoms with E-state index in [2.05, 4.69) is 16.2 Å². The summed E-state index contributed by atoms with van der Waals surface area (Å²) in [5, 5.41) is 3.26. The summed E-state index contributed by atoms with van der Waals surface area (Å²) >= 11 is 5.87. The summed E-state index contributed by atoms with van der Waals surface area (Å²) in [4.78, 5) is 36.6. The first kappa shape index (κ1) is 21.2. The van der Waals surface area contributed by atoms with Crippen LogP contribution in [-0.2, 0) is 0 Å². The molecule has 0 unspecified atom stereocenters. The van der Waals surface area contributed by atoms with Crippen molar-refractivity contribution in [3.05, 3.63) is 64.2 Å². The van der Waals surface area contributed by atoms with Crippen LogP contribution >= 0.6 is 11.6 Å². The minimum atomic E-state index is -0.553. The van der Waals surface area contributed by atoms with Gasteiger partial charge in [-0.1, -0.05) is 11.6 Å². The number of amides is 3. The van der Waals surface area contributed by atoms with Gasteiger partial charge in [-0.3, -0.25) is 25.2 Å². The fourth-order valence-electron chi connectivity index (χ4n) is 2.29. The lowest BCUT2D eigenvalue weighted by molar-refractivity contribution is 0.0845. The fraction of sp³-hybridized carbons (Fsp3) is 0.250. The Balaban J connectivity index is 2.00. The third-order valence-corrected chi connectivity index (χ3v) is 3.83. The van der Waals surface area contributed by atoms with Crippen molar-refractivity contribution in [2.24, 2.45) is 0 Å². The lowest BCUT2D eigenvalue weighted by Gasteiger charge is -2.20. The smallest absolute Gasteiger partial charge is 0.273 e. The third kappa shape index (κ3) is 5.72. The van der Waals surface area contributed by atoms with Crippen molar-refractivity contribution in [2.75, 3.05) is 7.11 Å². The average molecular weight is 404 g/mol. The van der Waals surface area contributed by atoms with Gasteiger partial charge in [0.2, 0.25) is 0 Å². The van der Waals surface area contributed by atoms with Crippen LogP contribution in [0.4, 0.5) is 0 Å². The standard InChI is InChI=1S/C20H22ClN3O4/c1-20(2,3)22-17(25)12-5-7-13(8-6-12)18(26)23-24-19(27)15-10-9-14(21)11-16(15)28-4/h5-11H,1-4H3,(H,22,25)(H,23,26)(H,24,27). The topological polar surface area (TPSA) is 96.5 Å². The lowest BCUT2D eigenvalue weighted by atomic mass is 10.1. The van der Waals surface area contributed by atoms with E-state index in [0.29, 0.717) is 10.6 Å². The normalized spacial score (nSPS) is 10.8. The molecule has 2 aromatic rings. The summed E-state index contributed by atoms with van der Waals surface area (Å²) in [5.41, 5.74) is 5.22. The molecule has 0 spiro atoms. The zero-order valence-electron chi connectivity index (χ0n) is 16.1. The number of ether oxygens (including phenoxy) is 1. The molecule has 0 radical (unpaired) electrons. The van der Waals surface area contributed by atoms with Crippen LogP contribution < -0.4 is 20.9 Å². The van der Waals surface area contributed by atoms with Gasteiger partial charge in [-0.15, -0.1) is 0 Å². The van der Waals surface area contributed by atoms with Crippen LogP contribution in [0.15, 0.2) is 42.5 Å². The highest BCUT2D eigenvalue weighted by Crippen LogP contribution is 2.22. The Bertz CT molecular complexity index is 889. The molecule has 2 rings (SSSR count). The number of hydrogen-bond donors (Lipinski definition) is 3. The molecule has 0 fully saturated rings. The van der Waals surface area contributed by atoms with E-state index in [1.807, 2.05) is 20.8 Å². The summed E-state index contributed by atoms with van der Waals surface area (Å²) in [6.45, 7) is 5.64. The Hall–Kier alpha value is -3.06. The van der Waals surface area contributed by atoms with Gasteiger partial charge in [-0.25, -0.2) is 0 Å². The van der Waals surface area contributed by atoms with Crippen LogP contribution in [0.2, 0.25) is 5.02 Å². The van der Waals surface area contributed by atoms with Crippen LogP contribution in [0.5, 0.6) is 5.75 Å². The maximum absolute atomic E-state index is 12.2. The molecular weight excluding hydrogens is 382 g/mol. The molecule has 0 saturated heterocycles. The Morgan fingerprint density at radius 2 is 1.39 bits per heavy atom. The van der Waals surface area contributed by atoms with Crippen molar-refractivity contribution in [3.63, 3.8) is 0 Å². The molecule has 0 heterocycles. The van der Waals surface area contributed by atoms with Crippen molar-refractivity contribution in [1.82, 2.24) is 16.2 Å². The van der Waals surface area contributed by atoms with Gasteiger partial charge >= 0.3 is 0 Å². The number of hydrogen-bond acceptors (Lipinski definition) is 4. The molecule has 7 nitrogen and oxygen atoms in total. The highest BCUT2D eigenvalue weighted by Gasteiger charge is 2.17. The second kappa shape index (κ2) is 8.75.